The Kier molecular flexibility index (Phi) is 5.53. The second-order valence-electron chi connectivity index (χ2n) is 5.55. The molecule has 0 spiro atoms. The number of aryl methyl sites for hydroxylation is 1. The lowest BCUT2D eigenvalue weighted by molar-refractivity contribution is 0.0676. The molecule has 2 aromatic rings. The summed E-state index contributed by atoms with van der Waals surface area (Å²) in [7, 11) is 1.98. The third-order valence-corrected chi connectivity index (χ3v) is 4.78. The van der Waals surface area contributed by atoms with Gasteiger partial charge in [-0.1, -0.05) is 15.9 Å². The van der Waals surface area contributed by atoms with E-state index in [2.05, 4.69) is 21.2 Å². The zero-order valence-electron chi connectivity index (χ0n) is 12.7. The number of carbonyl (C=O) groups is 1. The van der Waals surface area contributed by atoms with Crippen LogP contribution >= 0.6 is 28.3 Å². The van der Waals surface area contributed by atoms with Crippen LogP contribution in [0.25, 0.3) is 11.0 Å². The Balaban J connectivity index is 0.00000176. The maximum Gasteiger partial charge on any atom is 0.289 e. The minimum atomic E-state index is 0. The Hall–Kier alpha value is -1.04. The van der Waals surface area contributed by atoms with Crippen molar-refractivity contribution in [1.82, 2.24) is 10.2 Å². The molecule has 0 aliphatic carbocycles. The molecular formula is C16H20BrClN2O2. The lowest BCUT2D eigenvalue weighted by Gasteiger charge is -2.31. The summed E-state index contributed by atoms with van der Waals surface area (Å²) in [6, 6.07) is 6.34. The number of rotatable bonds is 2. The number of nitrogens with one attached hydrogen (secondary N) is 1. The van der Waals surface area contributed by atoms with Gasteiger partial charge in [0.15, 0.2) is 5.76 Å². The molecule has 1 fully saturated rings. The largest absolute Gasteiger partial charge is 0.451 e. The Morgan fingerprint density at radius 1 is 1.36 bits per heavy atom. The molecule has 0 unspecified atom stereocenters. The Labute approximate surface area is 144 Å². The number of hydrogen-bond donors (Lipinski definition) is 1. The average molecular weight is 388 g/mol. The molecule has 3 rings (SSSR count). The summed E-state index contributed by atoms with van der Waals surface area (Å²) >= 11 is 3.46. The van der Waals surface area contributed by atoms with Gasteiger partial charge >= 0.3 is 0 Å². The van der Waals surface area contributed by atoms with E-state index in [-0.39, 0.29) is 18.3 Å². The minimum absolute atomic E-state index is 0. The van der Waals surface area contributed by atoms with Crippen LogP contribution in [0.1, 0.15) is 29.0 Å². The fourth-order valence-corrected chi connectivity index (χ4v) is 3.27. The molecule has 1 aromatic heterocycles. The van der Waals surface area contributed by atoms with Crippen molar-refractivity contribution in [3.8, 4) is 0 Å². The van der Waals surface area contributed by atoms with Gasteiger partial charge in [0.1, 0.15) is 5.58 Å². The fourth-order valence-electron chi connectivity index (χ4n) is 2.91. The maximum absolute atomic E-state index is 12.7. The maximum atomic E-state index is 12.7. The standard InChI is InChI=1S/C16H19BrN2O2.ClH/c1-10-13-9-11(17)3-4-14(13)21-15(10)16(20)19-7-5-12(18-2)6-8-19;/h3-4,9,12,18H,5-8H2,1-2H3;1H. The molecule has 120 valence electrons. The van der Waals surface area contributed by atoms with Crippen LogP contribution in [0.5, 0.6) is 0 Å². The topological polar surface area (TPSA) is 45.5 Å². The van der Waals surface area contributed by atoms with Crippen molar-refractivity contribution in [3.63, 3.8) is 0 Å². The molecule has 1 aliphatic rings. The monoisotopic (exact) mass is 386 g/mol. The number of carbonyl (C=O) groups excluding carboxylic acids is 1. The third-order valence-electron chi connectivity index (χ3n) is 4.28. The highest BCUT2D eigenvalue weighted by Gasteiger charge is 2.26. The summed E-state index contributed by atoms with van der Waals surface area (Å²) in [4.78, 5) is 14.6. The summed E-state index contributed by atoms with van der Waals surface area (Å²) in [6.07, 6.45) is 1.99. The quantitative estimate of drug-likeness (QED) is 0.853. The fraction of sp³-hybridized carbons (Fsp3) is 0.438. The highest BCUT2D eigenvalue weighted by atomic mass is 79.9. The number of likely N-dealkylation sites (tertiary alicyclic amines) is 1. The van der Waals surface area contributed by atoms with Crippen molar-refractivity contribution in [2.45, 2.75) is 25.8 Å². The zero-order valence-corrected chi connectivity index (χ0v) is 15.1. The van der Waals surface area contributed by atoms with E-state index in [0.717, 1.165) is 46.9 Å². The Bertz CT molecular complexity index is 678. The normalized spacial score (nSPS) is 15.9. The molecule has 0 atom stereocenters. The summed E-state index contributed by atoms with van der Waals surface area (Å²) < 4.78 is 6.79. The number of amides is 1. The van der Waals surface area contributed by atoms with Gasteiger partial charge in [-0.15, -0.1) is 12.4 Å². The summed E-state index contributed by atoms with van der Waals surface area (Å²) in [5.74, 6) is 0.486. The van der Waals surface area contributed by atoms with E-state index in [1.54, 1.807) is 0 Å². The van der Waals surface area contributed by atoms with Crippen LogP contribution in [0, 0.1) is 6.92 Å². The first-order chi connectivity index (χ1) is 10.1. The van der Waals surface area contributed by atoms with Gasteiger partial charge in [-0.05, 0) is 45.0 Å². The van der Waals surface area contributed by atoms with E-state index in [9.17, 15) is 4.79 Å². The lowest BCUT2D eigenvalue weighted by Crippen LogP contribution is -2.44. The SMILES string of the molecule is CNC1CCN(C(=O)c2oc3ccc(Br)cc3c2C)CC1.Cl. The van der Waals surface area contributed by atoms with E-state index in [1.807, 2.05) is 37.1 Å². The molecule has 0 saturated carbocycles. The molecule has 0 bridgehead atoms. The van der Waals surface area contributed by atoms with Gasteiger partial charge in [0.05, 0.1) is 0 Å². The van der Waals surface area contributed by atoms with E-state index >= 15 is 0 Å². The predicted molar refractivity (Wildman–Crippen MR) is 93.9 cm³/mol. The van der Waals surface area contributed by atoms with Gasteiger partial charge in [0.2, 0.25) is 0 Å². The summed E-state index contributed by atoms with van der Waals surface area (Å²) in [5, 5.41) is 4.27. The van der Waals surface area contributed by atoms with Gasteiger partial charge in [-0.3, -0.25) is 4.79 Å². The summed E-state index contributed by atoms with van der Waals surface area (Å²) in [5.41, 5.74) is 1.69. The molecule has 1 N–H and O–H groups in total. The van der Waals surface area contributed by atoms with Crippen LogP contribution in [-0.4, -0.2) is 37.0 Å². The van der Waals surface area contributed by atoms with Gasteiger partial charge < -0.3 is 14.6 Å². The molecule has 1 aliphatic heterocycles. The highest BCUT2D eigenvalue weighted by Crippen LogP contribution is 2.29. The average Bonchev–Trinajstić information content (AvgIpc) is 2.83. The zero-order chi connectivity index (χ0) is 15.0. The summed E-state index contributed by atoms with van der Waals surface area (Å²) in [6.45, 7) is 3.51. The molecule has 0 radical (unpaired) electrons. The Morgan fingerprint density at radius 3 is 2.68 bits per heavy atom. The number of piperidine rings is 1. The third kappa shape index (κ3) is 3.16. The van der Waals surface area contributed by atoms with E-state index in [4.69, 9.17) is 4.42 Å². The van der Waals surface area contributed by atoms with Crippen molar-refractivity contribution in [3.05, 3.63) is 34.0 Å². The smallest absolute Gasteiger partial charge is 0.289 e. The molecular weight excluding hydrogens is 368 g/mol. The van der Waals surface area contributed by atoms with Crippen LogP contribution in [0.4, 0.5) is 0 Å². The van der Waals surface area contributed by atoms with Gasteiger partial charge in [-0.25, -0.2) is 0 Å². The van der Waals surface area contributed by atoms with Crippen LogP contribution < -0.4 is 5.32 Å². The number of nitrogens with zero attached hydrogens (tertiary/aromatic N) is 1. The van der Waals surface area contributed by atoms with Crippen LogP contribution in [0.15, 0.2) is 27.1 Å². The van der Waals surface area contributed by atoms with Crippen LogP contribution in [0.3, 0.4) is 0 Å². The van der Waals surface area contributed by atoms with E-state index in [0.29, 0.717) is 11.8 Å². The van der Waals surface area contributed by atoms with Crippen molar-refractivity contribution in [2.24, 2.45) is 0 Å². The molecule has 1 aromatic carbocycles. The number of benzene rings is 1. The van der Waals surface area contributed by atoms with Gasteiger partial charge in [0, 0.05) is 34.6 Å². The molecule has 4 nitrogen and oxygen atoms in total. The first-order valence-electron chi connectivity index (χ1n) is 7.25. The number of halogens is 2. The van der Waals surface area contributed by atoms with Gasteiger partial charge in [-0.2, -0.15) is 0 Å². The molecule has 6 heteroatoms. The van der Waals surface area contributed by atoms with Crippen LogP contribution in [-0.2, 0) is 0 Å². The predicted octanol–water partition coefficient (Wildman–Crippen LogP) is 3.75. The molecule has 1 saturated heterocycles. The highest BCUT2D eigenvalue weighted by molar-refractivity contribution is 9.10. The van der Waals surface area contributed by atoms with Crippen LogP contribution in [0.2, 0.25) is 0 Å². The van der Waals surface area contributed by atoms with Gasteiger partial charge in [0.25, 0.3) is 5.91 Å². The van der Waals surface area contributed by atoms with E-state index in [1.165, 1.54) is 0 Å². The lowest BCUT2D eigenvalue weighted by atomic mass is 10.0. The number of furan rings is 1. The minimum Gasteiger partial charge on any atom is -0.451 e. The molecule has 22 heavy (non-hydrogen) atoms. The van der Waals surface area contributed by atoms with Crippen molar-refractivity contribution < 1.29 is 9.21 Å². The molecule has 2 heterocycles. The first-order valence-corrected chi connectivity index (χ1v) is 8.04. The van der Waals surface area contributed by atoms with E-state index < -0.39 is 0 Å². The second-order valence-corrected chi connectivity index (χ2v) is 6.47. The van der Waals surface area contributed by atoms with Crippen molar-refractivity contribution in [2.75, 3.05) is 20.1 Å². The van der Waals surface area contributed by atoms with Crippen molar-refractivity contribution in [1.29, 1.82) is 0 Å². The number of hydrogen-bond acceptors (Lipinski definition) is 3. The Morgan fingerprint density at radius 2 is 2.05 bits per heavy atom. The van der Waals surface area contributed by atoms with Crippen molar-refractivity contribution >= 4 is 45.2 Å². The number of fused-ring (bicyclic) bond motifs is 1. The second kappa shape index (κ2) is 7.02. The molecule has 1 amide bonds. The first kappa shape index (κ1) is 17.3.